The number of fused-ring (bicyclic) bond motifs is 1. The molecule has 0 radical (unpaired) electrons. The fourth-order valence-electron chi connectivity index (χ4n) is 2.60. The number of hydrogen-bond donors (Lipinski definition) is 1. The lowest BCUT2D eigenvalue weighted by molar-refractivity contribution is -0.0394. The van der Waals surface area contributed by atoms with E-state index >= 15 is 0 Å². The fraction of sp³-hybridized carbons (Fsp3) is 0.357. The molecule has 1 unspecified atom stereocenters. The SMILES string of the molecule is O=c1[nH]c(-c2cnn(C3CCCCO3)c2)cc2ncsc12. The molecule has 0 bridgehead atoms. The molecule has 4 heterocycles. The van der Waals surface area contributed by atoms with Crippen LogP contribution in [0, 0.1) is 0 Å². The molecule has 0 amide bonds. The van der Waals surface area contributed by atoms with Gasteiger partial charge in [-0.1, -0.05) is 0 Å². The minimum atomic E-state index is -0.105. The number of nitrogens with one attached hydrogen (secondary N) is 1. The highest BCUT2D eigenvalue weighted by Gasteiger charge is 2.17. The van der Waals surface area contributed by atoms with Crippen molar-refractivity contribution >= 4 is 21.6 Å². The Morgan fingerprint density at radius 3 is 3.24 bits per heavy atom. The van der Waals surface area contributed by atoms with E-state index in [0.717, 1.165) is 42.6 Å². The minimum absolute atomic E-state index is 0.00206. The van der Waals surface area contributed by atoms with E-state index in [4.69, 9.17) is 4.74 Å². The summed E-state index contributed by atoms with van der Waals surface area (Å²) in [6.45, 7) is 0.779. The fourth-order valence-corrected chi connectivity index (χ4v) is 3.26. The molecule has 1 atom stereocenters. The van der Waals surface area contributed by atoms with Gasteiger partial charge in [-0.05, 0) is 25.3 Å². The first-order chi connectivity index (χ1) is 10.3. The second-order valence-corrected chi connectivity index (χ2v) is 5.96. The Morgan fingerprint density at radius 1 is 1.43 bits per heavy atom. The average molecular weight is 302 g/mol. The van der Waals surface area contributed by atoms with Crippen LogP contribution in [-0.2, 0) is 4.74 Å². The molecule has 7 heteroatoms. The number of aromatic amines is 1. The van der Waals surface area contributed by atoms with Gasteiger partial charge in [0.25, 0.3) is 5.56 Å². The van der Waals surface area contributed by atoms with Crippen molar-refractivity contribution in [3.8, 4) is 11.3 Å². The van der Waals surface area contributed by atoms with Gasteiger partial charge in [0, 0.05) is 18.4 Å². The van der Waals surface area contributed by atoms with Crippen LogP contribution in [0.15, 0.2) is 28.8 Å². The summed E-state index contributed by atoms with van der Waals surface area (Å²) < 4.78 is 8.20. The number of H-pyrrole nitrogens is 1. The Bertz CT molecular complexity index is 829. The van der Waals surface area contributed by atoms with Crippen LogP contribution in [0.4, 0.5) is 0 Å². The minimum Gasteiger partial charge on any atom is -0.357 e. The first kappa shape index (κ1) is 12.7. The zero-order chi connectivity index (χ0) is 14.2. The van der Waals surface area contributed by atoms with E-state index in [1.807, 2.05) is 16.9 Å². The van der Waals surface area contributed by atoms with Gasteiger partial charge in [-0.25, -0.2) is 9.67 Å². The van der Waals surface area contributed by atoms with Crippen LogP contribution in [0.5, 0.6) is 0 Å². The molecule has 1 aliphatic heterocycles. The first-order valence-corrected chi connectivity index (χ1v) is 7.82. The molecule has 1 saturated heterocycles. The molecule has 0 aromatic carbocycles. The van der Waals surface area contributed by atoms with E-state index in [9.17, 15) is 4.79 Å². The Labute approximate surface area is 124 Å². The number of rotatable bonds is 2. The molecule has 6 nitrogen and oxygen atoms in total. The van der Waals surface area contributed by atoms with Crippen LogP contribution in [0.2, 0.25) is 0 Å². The molecule has 1 aliphatic rings. The van der Waals surface area contributed by atoms with E-state index in [0.29, 0.717) is 4.70 Å². The molecule has 3 aromatic heterocycles. The largest absolute Gasteiger partial charge is 0.357 e. The summed E-state index contributed by atoms with van der Waals surface area (Å²) in [7, 11) is 0. The van der Waals surface area contributed by atoms with Crippen molar-refractivity contribution in [1.29, 1.82) is 0 Å². The van der Waals surface area contributed by atoms with Crippen LogP contribution in [-0.4, -0.2) is 26.4 Å². The predicted molar refractivity (Wildman–Crippen MR) is 80.3 cm³/mol. The van der Waals surface area contributed by atoms with Crippen LogP contribution in [0.1, 0.15) is 25.5 Å². The van der Waals surface area contributed by atoms with Gasteiger partial charge in [0.2, 0.25) is 0 Å². The molecule has 1 N–H and O–H groups in total. The average Bonchev–Trinajstić information content (AvgIpc) is 3.17. The number of thiazole rings is 1. The maximum Gasteiger partial charge on any atom is 0.268 e. The highest BCUT2D eigenvalue weighted by atomic mass is 32.1. The van der Waals surface area contributed by atoms with Crippen molar-refractivity contribution in [2.75, 3.05) is 6.61 Å². The van der Waals surface area contributed by atoms with Gasteiger partial charge < -0.3 is 9.72 Å². The number of ether oxygens (including phenoxy) is 1. The molecule has 0 saturated carbocycles. The summed E-state index contributed by atoms with van der Waals surface area (Å²) in [6.07, 6.45) is 6.91. The molecule has 1 fully saturated rings. The van der Waals surface area contributed by atoms with Crippen LogP contribution in [0.25, 0.3) is 21.5 Å². The van der Waals surface area contributed by atoms with Crippen molar-refractivity contribution in [3.05, 3.63) is 34.3 Å². The van der Waals surface area contributed by atoms with E-state index in [1.54, 1.807) is 11.7 Å². The van der Waals surface area contributed by atoms with Gasteiger partial charge in [-0.2, -0.15) is 5.10 Å². The summed E-state index contributed by atoms with van der Waals surface area (Å²) in [5, 5.41) is 4.37. The van der Waals surface area contributed by atoms with Crippen molar-refractivity contribution < 1.29 is 4.74 Å². The Morgan fingerprint density at radius 2 is 2.38 bits per heavy atom. The zero-order valence-electron chi connectivity index (χ0n) is 11.3. The molecule has 108 valence electrons. The van der Waals surface area contributed by atoms with Gasteiger partial charge in [0.1, 0.15) is 10.9 Å². The van der Waals surface area contributed by atoms with E-state index in [1.165, 1.54) is 11.3 Å². The normalized spacial score (nSPS) is 19.1. The molecule has 0 aliphatic carbocycles. The van der Waals surface area contributed by atoms with Crippen molar-refractivity contribution in [3.63, 3.8) is 0 Å². The van der Waals surface area contributed by atoms with Crippen molar-refractivity contribution in [2.45, 2.75) is 25.5 Å². The zero-order valence-corrected chi connectivity index (χ0v) is 12.1. The maximum atomic E-state index is 12.0. The standard InChI is InChI=1S/C14H14N4O2S/c19-14-13-11(15-8-21-13)5-10(17-14)9-6-16-18(7-9)12-3-1-2-4-20-12/h5-8,12H,1-4H2,(H,17,19). The van der Waals surface area contributed by atoms with E-state index in [-0.39, 0.29) is 11.8 Å². The lowest BCUT2D eigenvalue weighted by Crippen LogP contribution is -2.18. The third-order valence-electron chi connectivity index (χ3n) is 3.69. The monoisotopic (exact) mass is 302 g/mol. The lowest BCUT2D eigenvalue weighted by Gasteiger charge is -2.22. The van der Waals surface area contributed by atoms with Gasteiger partial charge in [0.15, 0.2) is 0 Å². The van der Waals surface area contributed by atoms with Gasteiger partial charge in [-0.3, -0.25) is 4.79 Å². The van der Waals surface area contributed by atoms with Crippen molar-refractivity contribution in [2.24, 2.45) is 0 Å². The second-order valence-electron chi connectivity index (χ2n) is 5.11. The highest BCUT2D eigenvalue weighted by molar-refractivity contribution is 7.16. The second kappa shape index (κ2) is 5.09. The molecule has 4 rings (SSSR count). The summed E-state index contributed by atoms with van der Waals surface area (Å²) >= 11 is 1.35. The summed E-state index contributed by atoms with van der Waals surface area (Å²) in [5.74, 6) is 0. The Hall–Kier alpha value is -1.99. The molecular weight excluding hydrogens is 288 g/mol. The van der Waals surface area contributed by atoms with Gasteiger partial charge in [-0.15, -0.1) is 11.3 Å². The smallest absolute Gasteiger partial charge is 0.268 e. The van der Waals surface area contributed by atoms with Crippen LogP contribution < -0.4 is 5.56 Å². The van der Waals surface area contributed by atoms with Gasteiger partial charge >= 0.3 is 0 Å². The number of nitrogens with zero attached hydrogens (tertiary/aromatic N) is 3. The summed E-state index contributed by atoms with van der Waals surface area (Å²) in [4.78, 5) is 19.1. The maximum absolute atomic E-state index is 12.0. The summed E-state index contributed by atoms with van der Waals surface area (Å²) in [5.41, 5.74) is 3.91. The number of hydrogen-bond acceptors (Lipinski definition) is 5. The van der Waals surface area contributed by atoms with E-state index in [2.05, 4.69) is 15.1 Å². The Balaban J connectivity index is 1.71. The van der Waals surface area contributed by atoms with Crippen LogP contribution in [0.3, 0.4) is 0 Å². The highest BCUT2D eigenvalue weighted by Crippen LogP contribution is 2.25. The van der Waals surface area contributed by atoms with E-state index < -0.39 is 0 Å². The van der Waals surface area contributed by atoms with Crippen molar-refractivity contribution in [1.82, 2.24) is 19.7 Å². The van der Waals surface area contributed by atoms with Gasteiger partial charge in [0.05, 0.1) is 22.9 Å². The Kier molecular flexibility index (Phi) is 3.08. The quantitative estimate of drug-likeness (QED) is 0.789. The lowest BCUT2D eigenvalue weighted by atomic mass is 10.2. The molecule has 0 spiro atoms. The predicted octanol–water partition coefficient (Wildman–Crippen LogP) is 2.55. The molecular formula is C14H14N4O2S. The third kappa shape index (κ3) is 2.28. The molecule has 21 heavy (non-hydrogen) atoms. The third-order valence-corrected chi connectivity index (χ3v) is 4.53. The summed E-state index contributed by atoms with van der Waals surface area (Å²) in [6, 6.07) is 1.89. The molecule has 3 aromatic rings. The van der Waals surface area contributed by atoms with Crippen LogP contribution >= 0.6 is 11.3 Å². The number of aromatic nitrogens is 4. The topological polar surface area (TPSA) is 72.8 Å². The number of pyridine rings is 1. The first-order valence-electron chi connectivity index (χ1n) is 6.94.